The third kappa shape index (κ3) is 7.24. The summed E-state index contributed by atoms with van der Waals surface area (Å²) in [5.41, 5.74) is 4.06. The summed E-state index contributed by atoms with van der Waals surface area (Å²) in [5, 5.41) is 11.1. The molecule has 0 aliphatic rings. The van der Waals surface area contributed by atoms with Gasteiger partial charge < -0.3 is 19.3 Å². The van der Waals surface area contributed by atoms with Crippen molar-refractivity contribution in [2.24, 2.45) is 0 Å². The lowest BCUT2D eigenvalue weighted by molar-refractivity contribution is -0.139. The Balaban J connectivity index is 1.51. The molecule has 0 atom stereocenters. The number of ether oxygens (including phenoxy) is 3. The van der Waals surface area contributed by atoms with Gasteiger partial charge in [-0.15, -0.1) is 0 Å². The lowest BCUT2D eigenvalue weighted by atomic mass is 9.96. The zero-order valence-electron chi connectivity index (χ0n) is 22.2. The van der Waals surface area contributed by atoms with Gasteiger partial charge in [-0.25, -0.2) is 9.18 Å². The van der Waals surface area contributed by atoms with Crippen molar-refractivity contribution in [3.05, 3.63) is 136 Å². The monoisotopic (exact) mass is 614 g/mol. The molecule has 0 saturated heterocycles. The highest BCUT2D eigenvalue weighted by molar-refractivity contribution is 9.10. The molecule has 0 amide bonds. The van der Waals surface area contributed by atoms with Crippen LogP contribution in [-0.2, 0) is 17.6 Å². The van der Waals surface area contributed by atoms with Crippen molar-refractivity contribution < 1.29 is 28.5 Å². The average Bonchev–Trinajstić information content (AvgIpc) is 2.97. The first-order valence-corrected chi connectivity index (χ1v) is 14.0. The van der Waals surface area contributed by atoms with Crippen molar-refractivity contribution in [1.82, 2.24) is 0 Å². The Hall–Kier alpha value is -4.36. The van der Waals surface area contributed by atoms with Gasteiger partial charge in [0.25, 0.3) is 0 Å². The average molecular weight is 615 g/mol. The number of hydrogen-bond donors (Lipinski definition) is 1. The van der Waals surface area contributed by atoms with Gasteiger partial charge in [0.2, 0.25) is 0 Å². The molecule has 208 valence electrons. The quantitative estimate of drug-likeness (QED) is 0.145. The van der Waals surface area contributed by atoms with Gasteiger partial charge in [-0.2, -0.15) is 0 Å². The molecule has 0 fully saturated rings. The second-order valence-electron chi connectivity index (χ2n) is 9.49. The number of fused-ring (bicyclic) bond motifs is 1. The van der Waals surface area contributed by atoms with E-state index in [4.69, 9.17) is 14.2 Å². The van der Waals surface area contributed by atoms with Gasteiger partial charge in [0.15, 0.2) is 18.2 Å². The molecule has 0 heterocycles. The number of para-hydroxylation sites is 1. The van der Waals surface area contributed by atoms with Crippen LogP contribution in [0.15, 0.2) is 108 Å². The first-order chi connectivity index (χ1) is 20.0. The number of carbonyl (C=O) groups is 1. The molecule has 7 heteroatoms. The van der Waals surface area contributed by atoms with E-state index in [1.165, 1.54) is 6.07 Å². The summed E-state index contributed by atoms with van der Waals surface area (Å²) in [6.07, 6.45) is 1.22. The molecule has 0 unspecified atom stereocenters. The molecular weight excluding hydrogens is 587 g/mol. The number of carboxylic acid groups (broad SMARTS) is 1. The third-order valence-electron chi connectivity index (χ3n) is 6.54. The molecule has 5 aromatic rings. The first kappa shape index (κ1) is 28.2. The van der Waals surface area contributed by atoms with Crippen LogP contribution in [0.1, 0.15) is 22.3 Å². The van der Waals surface area contributed by atoms with E-state index in [1.54, 1.807) is 18.2 Å². The molecule has 1 N–H and O–H groups in total. The fourth-order valence-corrected chi connectivity index (χ4v) is 5.37. The predicted octanol–water partition coefficient (Wildman–Crippen LogP) is 7.84. The lowest BCUT2D eigenvalue weighted by Gasteiger charge is -2.18. The molecule has 5 nitrogen and oxygen atoms in total. The Labute approximate surface area is 246 Å². The number of halogens is 2. The minimum atomic E-state index is -1.06. The van der Waals surface area contributed by atoms with E-state index in [1.807, 2.05) is 60.7 Å². The molecule has 0 aliphatic heterocycles. The third-order valence-corrected chi connectivity index (χ3v) is 7.33. The Kier molecular flexibility index (Phi) is 9.16. The smallest absolute Gasteiger partial charge is 0.341 e. The van der Waals surface area contributed by atoms with Crippen LogP contribution < -0.4 is 14.2 Å². The Morgan fingerprint density at radius 3 is 1.90 bits per heavy atom. The van der Waals surface area contributed by atoms with Gasteiger partial charge in [0.1, 0.15) is 24.7 Å². The highest BCUT2D eigenvalue weighted by Gasteiger charge is 2.18. The maximum atomic E-state index is 14.0. The Bertz CT molecular complexity index is 1640. The van der Waals surface area contributed by atoms with Crippen LogP contribution in [0.2, 0.25) is 0 Å². The van der Waals surface area contributed by atoms with Crippen molar-refractivity contribution in [3.63, 3.8) is 0 Å². The van der Waals surface area contributed by atoms with Gasteiger partial charge in [-0.3, -0.25) is 0 Å². The van der Waals surface area contributed by atoms with E-state index >= 15 is 0 Å². The summed E-state index contributed by atoms with van der Waals surface area (Å²) in [6.45, 7) is -0.101. The van der Waals surface area contributed by atoms with E-state index in [-0.39, 0.29) is 19.0 Å². The van der Waals surface area contributed by atoms with Crippen molar-refractivity contribution >= 4 is 32.7 Å². The Morgan fingerprint density at radius 1 is 0.707 bits per heavy atom. The minimum absolute atomic E-state index is 0.161. The number of aliphatic carboxylic acids is 1. The molecule has 5 rings (SSSR count). The SMILES string of the molecule is O=C(O)COc1c(Cc2ccccc2)cc2cc(Cc3ccccc3)c(OCCOc3ccccc3F)cc2c1Br. The standard InChI is InChI=1S/C34H28BrFO5/c35-33-28-21-31(40-16-15-39-30-14-8-7-13-29(30)36)26(17-23-9-3-1-4-10-23)19-25(28)20-27(34(33)41-22-32(37)38)18-24-11-5-2-6-12-24/h1-14,19-21H,15-18,22H2,(H,37,38). The molecule has 0 saturated carbocycles. The van der Waals surface area contributed by atoms with Crippen LogP contribution in [0.4, 0.5) is 4.39 Å². The van der Waals surface area contributed by atoms with Crippen molar-refractivity contribution in [1.29, 1.82) is 0 Å². The number of benzene rings is 5. The van der Waals surface area contributed by atoms with Crippen LogP contribution in [0.25, 0.3) is 10.8 Å². The Morgan fingerprint density at radius 2 is 1.27 bits per heavy atom. The summed E-state index contributed by atoms with van der Waals surface area (Å²) in [6, 6.07) is 32.4. The molecule has 0 aliphatic carbocycles. The van der Waals surface area contributed by atoms with Gasteiger partial charge in [0.05, 0.1) is 4.47 Å². The lowest BCUT2D eigenvalue weighted by Crippen LogP contribution is -2.12. The van der Waals surface area contributed by atoms with E-state index in [9.17, 15) is 14.3 Å². The van der Waals surface area contributed by atoms with Crippen molar-refractivity contribution in [2.45, 2.75) is 12.8 Å². The highest BCUT2D eigenvalue weighted by Crippen LogP contribution is 2.41. The fourth-order valence-electron chi connectivity index (χ4n) is 4.66. The summed E-state index contributed by atoms with van der Waals surface area (Å²) < 4.78 is 32.2. The molecule has 0 spiro atoms. The topological polar surface area (TPSA) is 65.0 Å². The molecule has 0 radical (unpaired) electrons. The van der Waals surface area contributed by atoms with Crippen LogP contribution in [0, 0.1) is 5.82 Å². The second kappa shape index (κ2) is 13.3. The van der Waals surface area contributed by atoms with Crippen molar-refractivity contribution in [3.8, 4) is 17.2 Å². The van der Waals surface area contributed by atoms with Gasteiger partial charge >= 0.3 is 5.97 Å². The molecular formula is C34H28BrFO5. The van der Waals surface area contributed by atoms with E-state index in [0.29, 0.717) is 28.8 Å². The molecule has 41 heavy (non-hydrogen) atoms. The maximum absolute atomic E-state index is 14.0. The second-order valence-corrected chi connectivity index (χ2v) is 10.3. The normalized spacial score (nSPS) is 10.9. The first-order valence-electron chi connectivity index (χ1n) is 13.2. The summed E-state index contributed by atoms with van der Waals surface area (Å²) in [4.78, 5) is 11.4. The fraction of sp³-hybridized carbons (Fsp3) is 0.147. The predicted molar refractivity (Wildman–Crippen MR) is 161 cm³/mol. The molecule has 0 bridgehead atoms. The van der Waals surface area contributed by atoms with Crippen LogP contribution in [0.5, 0.6) is 17.2 Å². The van der Waals surface area contributed by atoms with Gasteiger partial charge in [-0.05, 0) is 68.3 Å². The van der Waals surface area contributed by atoms with E-state index in [0.717, 1.165) is 33.0 Å². The van der Waals surface area contributed by atoms with Gasteiger partial charge in [-0.1, -0.05) is 72.8 Å². The summed E-state index contributed by atoms with van der Waals surface area (Å²) in [5.74, 6) is -0.174. The zero-order valence-corrected chi connectivity index (χ0v) is 23.8. The van der Waals surface area contributed by atoms with E-state index in [2.05, 4.69) is 34.1 Å². The van der Waals surface area contributed by atoms with E-state index < -0.39 is 18.4 Å². The van der Waals surface area contributed by atoms with Crippen molar-refractivity contribution in [2.75, 3.05) is 19.8 Å². The number of hydrogen-bond acceptors (Lipinski definition) is 4. The number of rotatable bonds is 12. The summed E-state index contributed by atoms with van der Waals surface area (Å²) >= 11 is 3.70. The number of carboxylic acids is 1. The van der Waals surface area contributed by atoms with Gasteiger partial charge in [0, 0.05) is 23.8 Å². The minimum Gasteiger partial charge on any atom is -0.490 e. The zero-order chi connectivity index (χ0) is 28.6. The largest absolute Gasteiger partial charge is 0.490 e. The van der Waals surface area contributed by atoms with Crippen LogP contribution >= 0.6 is 15.9 Å². The van der Waals surface area contributed by atoms with Crippen LogP contribution in [0.3, 0.4) is 0 Å². The van der Waals surface area contributed by atoms with Crippen LogP contribution in [-0.4, -0.2) is 30.9 Å². The summed E-state index contributed by atoms with van der Waals surface area (Å²) in [7, 11) is 0. The highest BCUT2D eigenvalue weighted by atomic mass is 79.9. The maximum Gasteiger partial charge on any atom is 0.341 e. The molecule has 5 aromatic carbocycles. The molecule has 0 aromatic heterocycles.